The first kappa shape index (κ1) is 31.3. The first-order chi connectivity index (χ1) is 20.6. The van der Waals surface area contributed by atoms with Gasteiger partial charge in [-0.05, 0) is 65.4 Å². The van der Waals surface area contributed by atoms with Crippen LogP contribution < -0.4 is 4.74 Å². The molecule has 0 aromatic heterocycles. The second kappa shape index (κ2) is 13.3. The number of aliphatic hydroxyl groups is 1. The summed E-state index contributed by atoms with van der Waals surface area (Å²) >= 11 is 12.6. The molecule has 43 heavy (non-hydrogen) atoms. The number of hydrogen-bond donors (Lipinski definition) is 1. The maximum absolute atomic E-state index is 14.6. The zero-order chi connectivity index (χ0) is 30.7. The van der Waals surface area contributed by atoms with E-state index in [1.54, 1.807) is 0 Å². The second-order valence-corrected chi connectivity index (χ2v) is 12.9. The molecular formula is C34H40Cl2N4O3. The fourth-order valence-corrected chi connectivity index (χ4v) is 6.01. The van der Waals surface area contributed by atoms with Gasteiger partial charge in [-0.25, -0.2) is 4.79 Å². The molecule has 2 atom stereocenters. The maximum Gasteiger partial charge on any atom is 0.326 e. The molecule has 0 spiro atoms. The fraction of sp³-hybridized carbons (Fsp3) is 0.412. The lowest BCUT2D eigenvalue weighted by Gasteiger charge is -2.39. The van der Waals surface area contributed by atoms with Gasteiger partial charge < -0.3 is 14.7 Å². The molecule has 2 aliphatic rings. The number of rotatable bonds is 7. The van der Waals surface area contributed by atoms with Gasteiger partial charge in [0.25, 0.3) is 0 Å². The number of urea groups is 1. The Hall–Kier alpha value is -3.10. The summed E-state index contributed by atoms with van der Waals surface area (Å²) in [6.45, 7) is 12.2. The van der Waals surface area contributed by atoms with Crippen LogP contribution in [0.3, 0.4) is 0 Å². The summed E-state index contributed by atoms with van der Waals surface area (Å²) in [5.74, 6) is 1.28. The van der Waals surface area contributed by atoms with Crippen molar-refractivity contribution in [2.75, 3.05) is 45.9 Å². The van der Waals surface area contributed by atoms with E-state index in [0.29, 0.717) is 61.0 Å². The summed E-state index contributed by atoms with van der Waals surface area (Å²) in [6, 6.07) is 20.6. The Morgan fingerprint density at radius 2 is 1.53 bits per heavy atom. The van der Waals surface area contributed by atoms with Crippen molar-refractivity contribution >= 4 is 35.1 Å². The second-order valence-electron chi connectivity index (χ2n) is 12.0. The zero-order valence-corrected chi connectivity index (χ0v) is 26.8. The molecule has 5 rings (SSSR count). The van der Waals surface area contributed by atoms with Crippen molar-refractivity contribution in [3.05, 3.63) is 99.0 Å². The van der Waals surface area contributed by atoms with E-state index in [1.807, 2.05) is 71.3 Å². The minimum atomic E-state index is -0.423. The molecule has 0 saturated carbocycles. The molecule has 0 aliphatic carbocycles. The lowest BCUT2D eigenvalue weighted by Crippen LogP contribution is -2.54. The van der Waals surface area contributed by atoms with Crippen molar-refractivity contribution in [2.45, 2.75) is 45.2 Å². The van der Waals surface area contributed by atoms with Gasteiger partial charge in [-0.15, -0.1) is 0 Å². The van der Waals surface area contributed by atoms with E-state index in [2.05, 4.69) is 37.8 Å². The third-order valence-corrected chi connectivity index (χ3v) is 8.65. The summed E-state index contributed by atoms with van der Waals surface area (Å²) in [5, 5.41) is 10.7. The molecule has 3 aromatic rings. The van der Waals surface area contributed by atoms with Crippen molar-refractivity contribution in [1.29, 1.82) is 0 Å². The van der Waals surface area contributed by atoms with Gasteiger partial charge in [-0.2, -0.15) is 0 Å². The number of benzene rings is 3. The van der Waals surface area contributed by atoms with Crippen LogP contribution >= 0.6 is 23.2 Å². The van der Waals surface area contributed by atoms with Crippen LogP contribution in [0.2, 0.25) is 10.0 Å². The van der Waals surface area contributed by atoms with Crippen molar-refractivity contribution in [1.82, 2.24) is 14.7 Å². The van der Waals surface area contributed by atoms with Crippen LogP contribution in [0.1, 0.15) is 62.0 Å². The molecule has 1 fully saturated rings. The topological polar surface area (TPSA) is 68.6 Å². The number of halogens is 2. The summed E-state index contributed by atoms with van der Waals surface area (Å²) in [7, 11) is 0. The van der Waals surface area contributed by atoms with Crippen LogP contribution in [0.25, 0.3) is 0 Å². The molecule has 0 radical (unpaired) electrons. The number of nitrogens with zero attached hydrogens (tertiary/aromatic N) is 4. The highest BCUT2D eigenvalue weighted by Gasteiger charge is 2.45. The van der Waals surface area contributed by atoms with Crippen LogP contribution in [0.4, 0.5) is 4.79 Å². The highest BCUT2D eigenvalue weighted by Crippen LogP contribution is 2.46. The number of β-amino-alcohol motifs (C(OH)–C–C–N with tert-alkyl or cyclic N) is 1. The van der Waals surface area contributed by atoms with Crippen LogP contribution in [0.5, 0.6) is 5.75 Å². The maximum atomic E-state index is 14.6. The average Bonchev–Trinajstić information content (AvgIpc) is 3.38. The zero-order valence-electron chi connectivity index (χ0n) is 25.3. The molecule has 2 aliphatic heterocycles. The molecule has 1 N–H and O–H groups in total. The van der Waals surface area contributed by atoms with Gasteiger partial charge in [0, 0.05) is 42.8 Å². The molecule has 9 heteroatoms. The van der Waals surface area contributed by atoms with E-state index in [4.69, 9.17) is 32.9 Å². The van der Waals surface area contributed by atoms with E-state index >= 15 is 0 Å². The Morgan fingerprint density at radius 1 is 0.930 bits per heavy atom. The fourth-order valence-electron chi connectivity index (χ4n) is 5.76. The summed E-state index contributed by atoms with van der Waals surface area (Å²) in [6.07, 6.45) is 0. The number of aliphatic hydroxyl groups excluding tert-OH is 1. The third kappa shape index (κ3) is 6.86. The largest absolute Gasteiger partial charge is 0.493 e. The van der Waals surface area contributed by atoms with Gasteiger partial charge in [-0.1, -0.05) is 74.3 Å². The smallest absolute Gasteiger partial charge is 0.326 e. The molecule has 228 valence electrons. The van der Waals surface area contributed by atoms with Gasteiger partial charge in [0.2, 0.25) is 0 Å². The lowest BCUT2D eigenvalue weighted by molar-refractivity contribution is 0.108. The van der Waals surface area contributed by atoms with Gasteiger partial charge in [0.15, 0.2) is 0 Å². The minimum Gasteiger partial charge on any atom is -0.493 e. The van der Waals surface area contributed by atoms with Crippen molar-refractivity contribution in [3.63, 3.8) is 0 Å². The molecule has 0 bridgehead atoms. The summed E-state index contributed by atoms with van der Waals surface area (Å²) in [5.41, 5.74) is 3.72. The highest BCUT2D eigenvalue weighted by atomic mass is 35.5. The number of ether oxygens (including phenoxy) is 1. The lowest BCUT2D eigenvalue weighted by atomic mass is 9.86. The number of carbonyl (C=O) groups excluding carboxylic acids is 1. The van der Waals surface area contributed by atoms with Gasteiger partial charge in [-0.3, -0.25) is 14.8 Å². The Kier molecular flexibility index (Phi) is 9.67. The molecule has 2 heterocycles. The number of amides is 2. The Balaban J connectivity index is 1.66. The van der Waals surface area contributed by atoms with Crippen LogP contribution in [0.15, 0.2) is 71.7 Å². The molecule has 7 nitrogen and oxygen atoms in total. The van der Waals surface area contributed by atoms with E-state index in [0.717, 1.165) is 22.3 Å². The third-order valence-electron chi connectivity index (χ3n) is 8.14. The van der Waals surface area contributed by atoms with Crippen molar-refractivity contribution in [2.24, 2.45) is 4.99 Å². The van der Waals surface area contributed by atoms with Gasteiger partial charge >= 0.3 is 6.03 Å². The molecule has 3 aromatic carbocycles. The Bertz CT molecular complexity index is 1450. The SMILES string of the molecule is CCOc1cc(C(C)(C)C)ccc1C1=N[C@@H](c2ccc(Cl)cc2)[C@@H](c2ccc(Cl)cc2)N1C(=O)N1CCN(CCO)CC1. The Labute approximate surface area is 264 Å². The first-order valence-corrected chi connectivity index (χ1v) is 15.6. The number of aliphatic imine (C=N–C) groups is 1. The predicted octanol–water partition coefficient (Wildman–Crippen LogP) is 6.96. The number of amidine groups is 1. The molecule has 1 saturated heterocycles. The Morgan fingerprint density at radius 3 is 2.09 bits per heavy atom. The van der Waals surface area contributed by atoms with Crippen molar-refractivity contribution < 1.29 is 14.6 Å². The standard InChI is InChI=1S/C34H40Cl2N4O3/c1-5-43-29-22-25(34(2,3)4)10-15-28(29)32-37-30(23-6-11-26(35)12-7-23)31(24-8-13-27(36)14-9-24)40(32)33(42)39-18-16-38(17-19-39)20-21-41/h6-15,22,30-31,41H,5,16-21H2,1-4H3/t30-,31+/m0/s1. The van der Waals surface area contributed by atoms with Gasteiger partial charge in [0.05, 0.1) is 24.8 Å². The first-order valence-electron chi connectivity index (χ1n) is 14.9. The van der Waals surface area contributed by atoms with Crippen molar-refractivity contribution in [3.8, 4) is 5.75 Å². The quantitative estimate of drug-likeness (QED) is 0.309. The monoisotopic (exact) mass is 622 g/mol. The summed E-state index contributed by atoms with van der Waals surface area (Å²) in [4.78, 5) is 25.9. The average molecular weight is 624 g/mol. The van der Waals surface area contributed by atoms with Gasteiger partial charge in [0.1, 0.15) is 17.6 Å². The van der Waals surface area contributed by atoms with E-state index in [9.17, 15) is 9.90 Å². The molecule has 0 unspecified atom stereocenters. The number of carbonyl (C=O) groups is 1. The van der Waals surface area contributed by atoms with Crippen LogP contribution in [-0.2, 0) is 5.41 Å². The number of hydrogen-bond acceptors (Lipinski definition) is 5. The van der Waals surface area contributed by atoms with E-state index in [1.165, 1.54) is 0 Å². The predicted molar refractivity (Wildman–Crippen MR) is 174 cm³/mol. The molecule has 2 amide bonds. The highest BCUT2D eigenvalue weighted by molar-refractivity contribution is 6.30. The molecular weight excluding hydrogens is 583 g/mol. The van der Waals surface area contributed by atoms with Crippen LogP contribution in [-0.4, -0.2) is 77.6 Å². The van der Waals surface area contributed by atoms with Crippen LogP contribution in [0, 0.1) is 0 Å². The van der Waals surface area contributed by atoms with E-state index in [-0.39, 0.29) is 24.1 Å². The number of piperazine rings is 1. The van der Waals surface area contributed by atoms with E-state index < -0.39 is 6.04 Å². The summed E-state index contributed by atoms with van der Waals surface area (Å²) < 4.78 is 6.22. The minimum absolute atomic E-state index is 0.0801. The normalized spacial score (nSPS) is 19.5.